The number of methoxy groups -OCH3 is 1. The number of anilines is 1. The highest BCUT2D eigenvalue weighted by Crippen LogP contribution is 2.29. The zero-order valence-electron chi connectivity index (χ0n) is 12.6. The molecule has 0 fully saturated rings. The first-order chi connectivity index (χ1) is 10.7. The van der Waals surface area contributed by atoms with Crippen molar-refractivity contribution in [2.45, 2.75) is 13.0 Å². The van der Waals surface area contributed by atoms with E-state index in [1.54, 1.807) is 0 Å². The maximum atomic E-state index is 12.1. The molecule has 0 aliphatic rings. The molecule has 1 unspecified atom stereocenters. The van der Waals surface area contributed by atoms with Crippen LogP contribution in [0.5, 0.6) is 0 Å². The summed E-state index contributed by atoms with van der Waals surface area (Å²) < 4.78 is 4.93. The van der Waals surface area contributed by atoms with Gasteiger partial charge in [-0.1, -0.05) is 48.5 Å². The van der Waals surface area contributed by atoms with Crippen LogP contribution in [-0.2, 0) is 4.74 Å². The number of carbonyl (C=O) groups excluding carboxylic acids is 1. The number of fused-ring (bicyclic) bond motifs is 1. The van der Waals surface area contributed by atoms with Gasteiger partial charge in [-0.25, -0.2) is 4.79 Å². The summed E-state index contributed by atoms with van der Waals surface area (Å²) >= 11 is 0. The fourth-order valence-electron chi connectivity index (χ4n) is 2.61. The number of esters is 1. The molecule has 0 radical (unpaired) electrons. The highest BCUT2D eigenvalue weighted by molar-refractivity contribution is 6.09. The van der Waals surface area contributed by atoms with Gasteiger partial charge in [0, 0.05) is 16.9 Å². The van der Waals surface area contributed by atoms with Gasteiger partial charge in [-0.2, -0.15) is 0 Å². The van der Waals surface area contributed by atoms with E-state index in [1.807, 2.05) is 42.5 Å². The van der Waals surface area contributed by atoms with Crippen LogP contribution in [0.2, 0.25) is 0 Å². The number of rotatable bonds is 4. The third-order valence-corrected chi connectivity index (χ3v) is 3.76. The Bertz CT molecular complexity index is 793. The van der Waals surface area contributed by atoms with E-state index in [2.05, 4.69) is 29.4 Å². The van der Waals surface area contributed by atoms with E-state index in [0.717, 1.165) is 16.5 Å². The Labute approximate surface area is 129 Å². The molecule has 0 spiro atoms. The van der Waals surface area contributed by atoms with Crippen molar-refractivity contribution in [1.82, 2.24) is 4.98 Å². The fourth-order valence-corrected chi connectivity index (χ4v) is 2.61. The van der Waals surface area contributed by atoms with Gasteiger partial charge in [-0.15, -0.1) is 0 Å². The van der Waals surface area contributed by atoms with Crippen LogP contribution in [-0.4, -0.2) is 18.1 Å². The molecule has 22 heavy (non-hydrogen) atoms. The van der Waals surface area contributed by atoms with Gasteiger partial charge in [0.05, 0.1) is 7.11 Å². The number of aromatic nitrogens is 1. The number of ether oxygens (including phenoxy) is 1. The SMILES string of the molecule is COC(=O)c1c(NC(C)c2ccccc2)[nH]c2ccccc12. The zero-order chi connectivity index (χ0) is 15.5. The van der Waals surface area contributed by atoms with Crippen LogP contribution in [0.1, 0.15) is 28.9 Å². The molecule has 0 aliphatic heterocycles. The van der Waals surface area contributed by atoms with Crippen molar-refractivity contribution in [3.05, 3.63) is 65.7 Å². The first-order valence-electron chi connectivity index (χ1n) is 7.21. The summed E-state index contributed by atoms with van der Waals surface area (Å²) in [7, 11) is 1.40. The van der Waals surface area contributed by atoms with E-state index in [-0.39, 0.29) is 12.0 Å². The quantitative estimate of drug-likeness (QED) is 0.711. The Morgan fingerprint density at radius 1 is 1.09 bits per heavy atom. The number of hydrogen-bond acceptors (Lipinski definition) is 3. The van der Waals surface area contributed by atoms with E-state index in [0.29, 0.717) is 11.4 Å². The van der Waals surface area contributed by atoms with E-state index >= 15 is 0 Å². The van der Waals surface area contributed by atoms with E-state index in [9.17, 15) is 4.79 Å². The molecule has 2 N–H and O–H groups in total. The molecule has 1 atom stereocenters. The Kier molecular flexibility index (Phi) is 3.83. The molecule has 0 amide bonds. The van der Waals surface area contributed by atoms with Crippen LogP contribution in [0.3, 0.4) is 0 Å². The van der Waals surface area contributed by atoms with Gasteiger partial charge >= 0.3 is 5.97 Å². The number of benzene rings is 2. The van der Waals surface area contributed by atoms with Crippen LogP contribution in [0, 0.1) is 0 Å². The van der Waals surface area contributed by atoms with Crippen molar-refractivity contribution in [1.29, 1.82) is 0 Å². The third kappa shape index (κ3) is 2.55. The number of nitrogens with one attached hydrogen (secondary N) is 2. The highest BCUT2D eigenvalue weighted by Gasteiger charge is 2.20. The third-order valence-electron chi connectivity index (χ3n) is 3.76. The number of hydrogen-bond donors (Lipinski definition) is 2. The molecule has 4 nitrogen and oxygen atoms in total. The van der Waals surface area contributed by atoms with Gasteiger partial charge in [0.15, 0.2) is 0 Å². The van der Waals surface area contributed by atoms with Gasteiger partial charge in [-0.05, 0) is 18.6 Å². The highest BCUT2D eigenvalue weighted by atomic mass is 16.5. The minimum Gasteiger partial charge on any atom is -0.465 e. The molecule has 2 aromatic carbocycles. The number of carbonyl (C=O) groups is 1. The standard InChI is InChI=1S/C18H18N2O2/c1-12(13-8-4-3-5-9-13)19-17-16(18(21)22-2)14-10-6-7-11-15(14)20-17/h3-12,19-20H,1-2H3. The van der Waals surface area contributed by atoms with Crippen molar-refractivity contribution in [2.75, 3.05) is 12.4 Å². The zero-order valence-corrected chi connectivity index (χ0v) is 12.6. The Hall–Kier alpha value is -2.75. The van der Waals surface area contributed by atoms with Gasteiger partial charge in [-0.3, -0.25) is 0 Å². The van der Waals surface area contributed by atoms with Crippen LogP contribution in [0.15, 0.2) is 54.6 Å². The van der Waals surface area contributed by atoms with Crippen LogP contribution >= 0.6 is 0 Å². The molecule has 0 saturated carbocycles. The monoisotopic (exact) mass is 294 g/mol. The maximum absolute atomic E-state index is 12.1. The van der Waals surface area contributed by atoms with Crippen molar-refractivity contribution in [3.8, 4) is 0 Å². The predicted octanol–water partition coefficient (Wildman–Crippen LogP) is 4.13. The molecule has 112 valence electrons. The smallest absolute Gasteiger partial charge is 0.342 e. The second kappa shape index (κ2) is 5.93. The summed E-state index contributed by atoms with van der Waals surface area (Å²) in [6, 6.07) is 17.9. The lowest BCUT2D eigenvalue weighted by Gasteiger charge is -2.15. The van der Waals surface area contributed by atoms with Gasteiger partial charge in [0.2, 0.25) is 0 Å². The molecule has 0 bridgehead atoms. The lowest BCUT2D eigenvalue weighted by atomic mass is 10.1. The molecule has 3 aromatic rings. The van der Waals surface area contributed by atoms with Gasteiger partial charge < -0.3 is 15.0 Å². The van der Waals surface area contributed by atoms with Crippen molar-refractivity contribution < 1.29 is 9.53 Å². The fraction of sp³-hybridized carbons (Fsp3) is 0.167. The summed E-state index contributed by atoms with van der Waals surface area (Å²) in [5, 5.41) is 4.23. The lowest BCUT2D eigenvalue weighted by Crippen LogP contribution is -2.11. The topological polar surface area (TPSA) is 54.1 Å². The predicted molar refractivity (Wildman–Crippen MR) is 88.1 cm³/mol. The Morgan fingerprint density at radius 2 is 1.77 bits per heavy atom. The Balaban J connectivity index is 2.01. The second-order valence-corrected chi connectivity index (χ2v) is 5.19. The molecule has 1 heterocycles. The van der Waals surface area contributed by atoms with Crippen molar-refractivity contribution >= 4 is 22.7 Å². The molecule has 1 aromatic heterocycles. The number of H-pyrrole nitrogens is 1. The molecular formula is C18H18N2O2. The average molecular weight is 294 g/mol. The first-order valence-corrected chi connectivity index (χ1v) is 7.21. The minimum absolute atomic E-state index is 0.0673. The van der Waals surface area contributed by atoms with Gasteiger partial charge in [0.1, 0.15) is 11.4 Å². The molecular weight excluding hydrogens is 276 g/mol. The summed E-state index contributed by atoms with van der Waals surface area (Å²) in [6.45, 7) is 2.06. The first kappa shape index (κ1) is 14.2. The Morgan fingerprint density at radius 3 is 2.50 bits per heavy atom. The maximum Gasteiger partial charge on any atom is 0.342 e. The summed E-state index contributed by atoms with van der Waals surface area (Å²) in [4.78, 5) is 15.4. The molecule has 0 aliphatic carbocycles. The van der Waals surface area contributed by atoms with Crippen LogP contribution < -0.4 is 5.32 Å². The van der Waals surface area contributed by atoms with Crippen LogP contribution in [0.25, 0.3) is 10.9 Å². The summed E-state index contributed by atoms with van der Waals surface area (Å²) in [5.74, 6) is 0.338. The second-order valence-electron chi connectivity index (χ2n) is 5.19. The summed E-state index contributed by atoms with van der Waals surface area (Å²) in [6.07, 6.45) is 0. The van der Waals surface area contributed by atoms with Crippen molar-refractivity contribution in [3.63, 3.8) is 0 Å². The normalized spacial score (nSPS) is 12.1. The molecule has 4 heteroatoms. The lowest BCUT2D eigenvalue weighted by molar-refractivity contribution is 0.0604. The summed E-state index contributed by atoms with van der Waals surface area (Å²) in [5.41, 5.74) is 2.60. The average Bonchev–Trinajstić information content (AvgIpc) is 2.92. The number of aromatic amines is 1. The molecule has 0 saturated heterocycles. The van der Waals surface area contributed by atoms with Crippen molar-refractivity contribution in [2.24, 2.45) is 0 Å². The molecule has 3 rings (SSSR count). The van der Waals surface area contributed by atoms with E-state index < -0.39 is 0 Å². The minimum atomic E-state index is -0.347. The van der Waals surface area contributed by atoms with Gasteiger partial charge in [0.25, 0.3) is 0 Å². The van der Waals surface area contributed by atoms with Crippen LogP contribution in [0.4, 0.5) is 5.82 Å². The number of para-hydroxylation sites is 1. The van der Waals surface area contributed by atoms with E-state index in [4.69, 9.17) is 4.74 Å². The van der Waals surface area contributed by atoms with E-state index in [1.165, 1.54) is 7.11 Å². The largest absolute Gasteiger partial charge is 0.465 e.